The molecular formula is C15H10Cl2F3N3S. The molecule has 0 fully saturated rings. The van der Waals surface area contributed by atoms with E-state index in [-0.39, 0.29) is 21.4 Å². The van der Waals surface area contributed by atoms with Gasteiger partial charge in [-0.2, -0.15) is 18.3 Å². The number of aromatic nitrogens is 2. The van der Waals surface area contributed by atoms with Crippen LogP contribution in [-0.4, -0.2) is 16.4 Å². The third kappa shape index (κ3) is 3.68. The molecule has 1 unspecified atom stereocenters. The van der Waals surface area contributed by atoms with Crippen LogP contribution in [0, 0.1) is 0 Å². The van der Waals surface area contributed by atoms with Crippen LogP contribution in [0.5, 0.6) is 0 Å². The lowest BCUT2D eigenvalue weighted by atomic mass is 10.1. The van der Waals surface area contributed by atoms with E-state index in [0.717, 1.165) is 4.88 Å². The van der Waals surface area contributed by atoms with Crippen molar-refractivity contribution in [2.75, 3.05) is 5.32 Å². The van der Waals surface area contributed by atoms with Crippen LogP contribution in [0.2, 0.25) is 10.0 Å². The number of thiophene rings is 1. The van der Waals surface area contributed by atoms with Crippen LogP contribution in [0.4, 0.5) is 19.0 Å². The summed E-state index contributed by atoms with van der Waals surface area (Å²) in [7, 11) is 0. The summed E-state index contributed by atoms with van der Waals surface area (Å²) in [6, 6.07) is 7.11. The average Bonchev–Trinajstić information content (AvgIpc) is 3.15. The molecule has 2 heterocycles. The highest BCUT2D eigenvalue weighted by Gasteiger charge is 2.42. The Morgan fingerprint density at radius 2 is 1.96 bits per heavy atom. The SMILES string of the molecule is FC(F)(F)C(Nc1cc(-c2cccs2)[nH]n1)c1ccc(Cl)cc1Cl. The molecule has 0 aliphatic rings. The van der Waals surface area contributed by atoms with E-state index in [1.807, 2.05) is 17.5 Å². The third-order valence-electron chi connectivity index (χ3n) is 3.26. The van der Waals surface area contributed by atoms with E-state index in [9.17, 15) is 13.2 Å². The second-order valence-electron chi connectivity index (χ2n) is 4.93. The number of aromatic amines is 1. The Morgan fingerprint density at radius 1 is 1.17 bits per heavy atom. The van der Waals surface area contributed by atoms with Gasteiger partial charge in [0.1, 0.15) is 5.82 Å². The van der Waals surface area contributed by atoms with Gasteiger partial charge in [-0.3, -0.25) is 5.10 Å². The van der Waals surface area contributed by atoms with E-state index in [1.165, 1.54) is 35.6 Å². The number of alkyl halides is 3. The zero-order chi connectivity index (χ0) is 17.3. The van der Waals surface area contributed by atoms with Crippen molar-refractivity contribution >= 4 is 40.4 Å². The monoisotopic (exact) mass is 391 g/mol. The molecular weight excluding hydrogens is 382 g/mol. The smallest absolute Gasteiger partial charge is 0.354 e. The normalized spacial score (nSPS) is 13.0. The molecule has 126 valence electrons. The molecule has 2 N–H and O–H groups in total. The van der Waals surface area contributed by atoms with Gasteiger partial charge < -0.3 is 5.32 Å². The van der Waals surface area contributed by atoms with Gasteiger partial charge in [-0.1, -0.05) is 35.3 Å². The van der Waals surface area contributed by atoms with Crippen LogP contribution in [0.3, 0.4) is 0 Å². The molecule has 0 spiro atoms. The summed E-state index contributed by atoms with van der Waals surface area (Å²) >= 11 is 13.1. The number of rotatable bonds is 4. The van der Waals surface area contributed by atoms with E-state index in [2.05, 4.69) is 15.5 Å². The second-order valence-corrected chi connectivity index (χ2v) is 6.72. The number of H-pyrrole nitrogens is 1. The zero-order valence-electron chi connectivity index (χ0n) is 11.9. The van der Waals surface area contributed by atoms with Crippen LogP contribution in [0.15, 0.2) is 41.8 Å². The van der Waals surface area contributed by atoms with Crippen LogP contribution in [-0.2, 0) is 0 Å². The van der Waals surface area contributed by atoms with Crippen molar-refractivity contribution in [2.45, 2.75) is 12.2 Å². The largest absolute Gasteiger partial charge is 0.412 e. The molecule has 24 heavy (non-hydrogen) atoms. The zero-order valence-corrected chi connectivity index (χ0v) is 14.2. The quantitative estimate of drug-likeness (QED) is 0.558. The number of anilines is 1. The summed E-state index contributed by atoms with van der Waals surface area (Å²) in [5, 5.41) is 11.1. The lowest BCUT2D eigenvalue weighted by Crippen LogP contribution is -2.28. The molecule has 0 bridgehead atoms. The highest BCUT2D eigenvalue weighted by molar-refractivity contribution is 7.13. The Kier molecular flexibility index (Phi) is 4.76. The minimum Gasteiger partial charge on any atom is -0.354 e. The summed E-state index contributed by atoms with van der Waals surface area (Å²) < 4.78 is 40.4. The molecule has 3 rings (SSSR count). The average molecular weight is 392 g/mol. The van der Waals surface area contributed by atoms with Gasteiger partial charge in [0, 0.05) is 21.7 Å². The van der Waals surface area contributed by atoms with Crippen LogP contribution < -0.4 is 5.32 Å². The van der Waals surface area contributed by atoms with Gasteiger partial charge in [-0.25, -0.2) is 0 Å². The Labute approximate surface area is 149 Å². The van der Waals surface area contributed by atoms with Crippen molar-refractivity contribution < 1.29 is 13.2 Å². The van der Waals surface area contributed by atoms with Gasteiger partial charge >= 0.3 is 6.18 Å². The van der Waals surface area contributed by atoms with Crippen molar-refractivity contribution in [1.29, 1.82) is 0 Å². The standard InChI is InChI=1S/C15H10Cl2F3N3S/c16-8-3-4-9(10(17)6-8)14(15(18,19)20)21-13-7-11(22-23-13)12-2-1-5-24-12/h1-7,14H,(H2,21,22,23). The Balaban J connectivity index is 1.91. The molecule has 0 aliphatic carbocycles. The summed E-state index contributed by atoms with van der Waals surface area (Å²) in [5.74, 6) is 0.0757. The first kappa shape index (κ1) is 17.1. The third-order valence-corrected chi connectivity index (χ3v) is 4.72. The highest BCUT2D eigenvalue weighted by atomic mass is 35.5. The fourth-order valence-corrected chi connectivity index (χ4v) is 3.38. The molecule has 0 amide bonds. The molecule has 3 aromatic rings. The first-order chi connectivity index (χ1) is 11.3. The maximum absolute atomic E-state index is 13.5. The van der Waals surface area contributed by atoms with Gasteiger partial charge in [0.05, 0.1) is 10.6 Å². The first-order valence-corrected chi connectivity index (χ1v) is 8.35. The van der Waals surface area contributed by atoms with E-state index in [0.29, 0.717) is 5.69 Å². The van der Waals surface area contributed by atoms with E-state index < -0.39 is 12.2 Å². The topological polar surface area (TPSA) is 40.7 Å². The maximum Gasteiger partial charge on any atom is 0.412 e. The predicted molar refractivity (Wildman–Crippen MR) is 90.8 cm³/mol. The summed E-state index contributed by atoms with van der Waals surface area (Å²) in [6.07, 6.45) is -4.56. The Hall–Kier alpha value is -1.70. The summed E-state index contributed by atoms with van der Waals surface area (Å²) in [6.45, 7) is 0. The summed E-state index contributed by atoms with van der Waals surface area (Å²) in [4.78, 5) is 0.878. The minimum atomic E-state index is -4.56. The lowest BCUT2D eigenvalue weighted by Gasteiger charge is -2.22. The van der Waals surface area contributed by atoms with Gasteiger partial charge in [0.25, 0.3) is 0 Å². The minimum absolute atomic E-state index is 0.0636. The van der Waals surface area contributed by atoms with E-state index >= 15 is 0 Å². The Bertz CT molecular complexity index is 831. The molecule has 0 saturated heterocycles. The molecule has 0 saturated carbocycles. The molecule has 1 aromatic carbocycles. The fourth-order valence-electron chi connectivity index (χ4n) is 2.17. The van der Waals surface area contributed by atoms with Crippen molar-refractivity contribution in [2.24, 2.45) is 0 Å². The van der Waals surface area contributed by atoms with E-state index in [1.54, 1.807) is 0 Å². The van der Waals surface area contributed by atoms with Gasteiger partial charge in [0.2, 0.25) is 0 Å². The summed E-state index contributed by atoms with van der Waals surface area (Å²) in [5.41, 5.74) is 0.518. The maximum atomic E-state index is 13.5. The number of hydrogen-bond acceptors (Lipinski definition) is 3. The number of nitrogens with zero attached hydrogens (tertiary/aromatic N) is 1. The second kappa shape index (κ2) is 6.66. The van der Waals surface area contributed by atoms with Gasteiger partial charge in [-0.15, -0.1) is 11.3 Å². The number of nitrogens with one attached hydrogen (secondary N) is 2. The number of halogens is 5. The molecule has 2 aromatic heterocycles. The van der Waals surface area contributed by atoms with Crippen LogP contribution >= 0.6 is 34.5 Å². The highest BCUT2D eigenvalue weighted by Crippen LogP contribution is 2.39. The van der Waals surface area contributed by atoms with E-state index in [4.69, 9.17) is 23.2 Å². The van der Waals surface area contributed by atoms with Crippen molar-refractivity contribution in [3.05, 3.63) is 57.4 Å². The lowest BCUT2D eigenvalue weighted by molar-refractivity contribution is -0.144. The number of benzene rings is 1. The van der Waals surface area contributed by atoms with Crippen molar-refractivity contribution in [1.82, 2.24) is 10.2 Å². The number of hydrogen-bond donors (Lipinski definition) is 2. The molecule has 0 aliphatic heterocycles. The van der Waals surface area contributed by atoms with Gasteiger partial charge in [-0.05, 0) is 23.6 Å². The van der Waals surface area contributed by atoms with Crippen LogP contribution in [0.25, 0.3) is 10.6 Å². The molecule has 0 radical (unpaired) electrons. The molecule has 1 atom stereocenters. The predicted octanol–water partition coefficient (Wildman–Crippen LogP) is 6.16. The van der Waals surface area contributed by atoms with Crippen molar-refractivity contribution in [3.63, 3.8) is 0 Å². The molecule has 3 nitrogen and oxygen atoms in total. The Morgan fingerprint density at radius 3 is 2.58 bits per heavy atom. The first-order valence-electron chi connectivity index (χ1n) is 6.72. The van der Waals surface area contributed by atoms with Gasteiger partial charge in [0.15, 0.2) is 6.04 Å². The molecule has 9 heteroatoms. The van der Waals surface area contributed by atoms with Crippen molar-refractivity contribution in [3.8, 4) is 10.6 Å². The van der Waals surface area contributed by atoms with Crippen LogP contribution in [0.1, 0.15) is 11.6 Å². The fraction of sp³-hybridized carbons (Fsp3) is 0.133.